The summed E-state index contributed by atoms with van der Waals surface area (Å²) < 4.78 is 0. The third kappa shape index (κ3) is 1.45. The molecule has 1 aromatic carbocycles. The Balaban J connectivity index is 2.01. The van der Waals surface area contributed by atoms with Crippen molar-refractivity contribution in [2.45, 2.75) is 6.92 Å². The van der Waals surface area contributed by atoms with Crippen molar-refractivity contribution in [3.8, 4) is 0 Å². The molecule has 0 bridgehead atoms. The van der Waals surface area contributed by atoms with Crippen molar-refractivity contribution in [1.29, 1.82) is 0 Å². The molecular formula is C15H12O. The topological polar surface area (TPSA) is 17.1 Å². The Morgan fingerprint density at radius 2 is 2.06 bits per heavy atom. The van der Waals surface area contributed by atoms with Crippen molar-refractivity contribution >= 4 is 11.9 Å². The molecule has 0 amide bonds. The molecule has 0 N–H and O–H groups in total. The predicted molar refractivity (Wildman–Crippen MR) is 65.3 cm³/mol. The first-order chi connectivity index (χ1) is 7.78. The van der Waals surface area contributed by atoms with Crippen LogP contribution in [0.15, 0.2) is 48.1 Å². The molecule has 1 aromatic rings. The molecular weight excluding hydrogens is 196 g/mol. The van der Waals surface area contributed by atoms with Crippen molar-refractivity contribution < 1.29 is 4.79 Å². The van der Waals surface area contributed by atoms with Gasteiger partial charge in [-0.15, -0.1) is 0 Å². The van der Waals surface area contributed by atoms with Gasteiger partial charge in [0.25, 0.3) is 0 Å². The number of fused-ring (bicyclic) bond motifs is 1. The number of aryl methyl sites for hydroxylation is 1. The maximum Gasteiger partial charge on any atom is 0.150 e. The van der Waals surface area contributed by atoms with Gasteiger partial charge in [0, 0.05) is 11.5 Å². The first-order valence-electron chi connectivity index (χ1n) is 5.46. The molecule has 0 fully saturated rings. The summed E-state index contributed by atoms with van der Waals surface area (Å²) in [6, 6.07) is 6.04. The molecule has 0 aliphatic heterocycles. The van der Waals surface area contributed by atoms with Gasteiger partial charge in [0.15, 0.2) is 0 Å². The van der Waals surface area contributed by atoms with Crippen LogP contribution < -0.4 is 0 Å². The van der Waals surface area contributed by atoms with Crippen LogP contribution in [0.25, 0.3) is 5.57 Å². The molecule has 1 atom stereocenters. The monoisotopic (exact) mass is 208 g/mol. The summed E-state index contributed by atoms with van der Waals surface area (Å²) in [4.78, 5) is 10.9. The summed E-state index contributed by atoms with van der Waals surface area (Å²) in [7, 11) is 0. The maximum absolute atomic E-state index is 10.9. The maximum atomic E-state index is 10.9. The zero-order valence-electron chi connectivity index (χ0n) is 9.10. The van der Waals surface area contributed by atoms with Crippen LogP contribution in [-0.2, 0) is 0 Å². The van der Waals surface area contributed by atoms with Crippen LogP contribution in [0.5, 0.6) is 0 Å². The number of hydrogen-bond acceptors (Lipinski definition) is 1. The molecule has 0 saturated carbocycles. The molecule has 2 aliphatic carbocycles. The number of allylic oxidation sites excluding steroid dienone is 6. The predicted octanol–water partition coefficient (Wildman–Crippen LogP) is 3.32. The largest absolute Gasteiger partial charge is 0.298 e. The van der Waals surface area contributed by atoms with Crippen LogP contribution in [0.2, 0.25) is 0 Å². The Bertz CT molecular complexity index is 559. The van der Waals surface area contributed by atoms with Gasteiger partial charge >= 0.3 is 0 Å². The molecule has 3 rings (SSSR count). The highest BCUT2D eigenvalue weighted by Gasteiger charge is 2.23. The number of carbonyl (C=O) groups excluding carboxylic acids is 1. The molecule has 0 saturated heterocycles. The van der Waals surface area contributed by atoms with Gasteiger partial charge in [-0.1, -0.05) is 36.4 Å². The van der Waals surface area contributed by atoms with Gasteiger partial charge in [0.1, 0.15) is 6.29 Å². The van der Waals surface area contributed by atoms with Gasteiger partial charge in [-0.25, -0.2) is 0 Å². The van der Waals surface area contributed by atoms with Crippen molar-refractivity contribution in [2.24, 2.45) is 5.92 Å². The number of benzene rings is 1. The van der Waals surface area contributed by atoms with Gasteiger partial charge < -0.3 is 0 Å². The third-order valence-corrected chi connectivity index (χ3v) is 3.20. The van der Waals surface area contributed by atoms with Crippen LogP contribution >= 0.6 is 0 Å². The van der Waals surface area contributed by atoms with Gasteiger partial charge in [-0.3, -0.25) is 4.79 Å². The standard InChI is InChI=1S/C15H12O/c1-10-2-3-11(8-15(10)9-16)12-4-5-13-7-14(13)6-12/h2-9,14H,1H3. The summed E-state index contributed by atoms with van der Waals surface area (Å²) in [5, 5.41) is 0. The molecule has 0 aromatic heterocycles. The molecule has 1 heteroatoms. The molecule has 78 valence electrons. The van der Waals surface area contributed by atoms with E-state index in [1.807, 2.05) is 19.1 Å². The lowest BCUT2D eigenvalue weighted by Crippen LogP contribution is -1.92. The average molecular weight is 208 g/mol. The number of hydrogen-bond donors (Lipinski definition) is 0. The average Bonchev–Trinajstić information content (AvgIpc) is 3.07. The summed E-state index contributed by atoms with van der Waals surface area (Å²) >= 11 is 0. The van der Waals surface area contributed by atoms with E-state index >= 15 is 0 Å². The quantitative estimate of drug-likeness (QED) is 0.681. The molecule has 1 unspecified atom stereocenters. The minimum Gasteiger partial charge on any atom is -0.298 e. The molecule has 1 nitrogen and oxygen atoms in total. The fourth-order valence-electron chi connectivity index (χ4n) is 2.04. The number of carbonyl (C=O) groups is 1. The fraction of sp³-hybridized carbons (Fsp3) is 0.133. The van der Waals surface area contributed by atoms with Crippen molar-refractivity contribution in [1.82, 2.24) is 0 Å². The van der Waals surface area contributed by atoms with E-state index in [9.17, 15) is 4.79 Å². The van der Waals surface area contributed by atoms with E-state index < -0.39 is 0 Å². The Kier molecular flexibility index (Phi) is 1.93. The number of aldehydes is 1. The van der Waals surface area contributed by atoms with Crippen LogP contribution in [0.4, 0.5) is 0 Å². The Labute approximate surface area is 94.8 Å². The summed E-state index contributed by atoms with van der Waals surface area (Å²) in [6.45, 7) is 1.96. The normalized spacial score (nSPS) is 20.9. The van der Waals surface area contributed by atoms with E-state index in [0.29, 0.717) is 5.92 Å². The second-order valence-electron chi connectivity index (χ2n) is 4.34. The van der Waals surface area contributed by atoms with Crippen LogP contribution in [0.3, 0.4) is 0 Å². The minimum absolute atomic E-state index is 0.543. The molecule has 16 heavy (non-hydrogen) atoms. The van der Waals surface area contributed by atoms with Gasteiger partial charge in [-0.2, -0.15) is 0 Å². The highest BCUT2D eigenvalue weighted by atomic mass is 16.1. The summed E-state index contributed by atoms with van der Waals surface area (Å²) in [5.41, 5.74) is 5.56. The van der Waals surface area contributed by atoms with Crippen molar-refractivity contribution in [2.75, 3.05) is 0 Å². The molecule has 0 spiro atoms. The Morgan fingerprint density at radius 3 is 2.81 bits per heavy atom. The molecule has 2 aliphatic rings. The van der Waals surface area contributed by atoms with Crippen molar-refractivity contribution in [3.05, 3.63) is 64.8 Å². The first-order valence-corrected chi connectivity index (χ1v) is 5.46. The van der Waals surface area contributed by atoms with E-state index in [4.69, 9.17) is 0 Å². The fourth-order valence-corrected chi connectivity index (χ4v) is 2.04. The lowest BCUT2D eigenvalue weighted by Gasteiger charge is -2.08. The second kappa shape index (κ2) is 3.31. The number of rotatable bonds is 2. The smallest absolute Gasteiger partial charge is 0.150 e. The Hall–Kier alpha value is -1.89. The van der Waals surface area contributed by atoms with Crippen LogP contribution in [-0.4, -0.2) is 6.29 Å². The summed E-state index contributed by atoms with van der Waals surface area (Å²) in [6.07, 6.45) is 9.68. The van der Waals surface area contributed by atoms with Gasteiger partial charge in [0.05, 0.1) is 0 Å². The highest BCUT2D eigenvalue weighted by Crippen LogP contribution is 2.38. The summed E-state index contributed by atoms with van der Waals surface area (Å²) in [5.74, 6) is 0.543. The minimum atomic E-state index is 0.543. The van der Waals surface area contributed by atoms with Crippen LogP contribution in [0.1, 0.15) is 21.5 Å². The lowest BCUT2D eigenvalue weighted by atomic mass is 9.96. The Morgan fingerprint density at radius 1 is 1.19 bits per heavy atom. The van der Waals surface area contributed by atoms with E-state index in [-0.39, 0.29) is 0 Å². The van der Waals surface area contributed by atoms with E-state index in [0.717, 1.165) is 23.0 Å². The van der Waals surface area contributed by atoms with E-state index in [2.05, 4.69) is 30.4 Å². The van der Waals surface area contributed by atoms with Gasteiger partial charge in [0.2, 0.25) is 0 Å². The van der Waals surface area contributed by atoms with Crippen LogP contribution in [0, 0.1) is 12.8 Å². The van der Waals surface area contributed by atoms with Gasteiger partial charge in [-0.05, 0) is 35.3 Å². The zero-order valence-corrected chi connectivity index (χ0v) is 9.10. The van der Waals surface area contributed by atoms with E-state index in [1.54, 1.807) is 0 Å². The molecule has 0 heterocycles. The first kappa shape index (κ1) is 9.34. The van der Waals surface area contributed by atoms with Crippen molar-refractivity contribution in [3.63, 3.8) is 0 Å². The highest BCUT2D eigenvalue weighted by molar-refractivity contribution is 5.84. The SMILES string of the molecule is Cc1ccc(C2=CC3C=C3C=C2)cc1C=O. The second-order valence-corrected chi connectivity index (χ2v) is 4.34. The molecule has 0 radical (unpaired) electrons. The van der Waals surface area contributed by atoms with E-state index in [1.165, 1.54) is 11.1 Å². The lowest BCUT2D eigenvalue weighted by molar-refractivity contribution is 0.112. The zero-order chi connectivity index (χ0) is 11.1. The third-order valence-electron chi connectivity index (χ3n) is 3.20.